The fourth-order valence-corrected chi connectivity index (χ4v) is 3.35. The first-order valence-electron chi connectivity index (χ1n) is 8.91. The van der Waals surface area contributed by atoms with Crippen LogP contribution in [-0.2, 0) is 16.0 Å². The Hall–Kier alpha value is -2.15. The molecule has 0 aliphatic carbocycles. The van der Waals surface area contributed by atoms with Crippen LogP contribution in [0.5, 0.6) is 0 Å². The number of likely N-dealkylation sites (tertiary alicyclic amines) is 1. The van der Waals surface area contributed by atoms with E-state index in [1.165, 1.54) is 0 Å². The maximum Gasteiger partial charge on any atom is 0.255 e. The monoisotopic (exact) mass is 346 g/mol. The fourth-order valence-electron chi connectivity index (χ4n) is 3.35. The van der Waals surface area contributed by atoms with Crippen LogP contribution in [0, 0.1) is 6.92 Å². The van der Waals surface area contributed by atoms with Crippen LogP contribution in [0.4, 0.5) is 5.95 Å². The van der Waals surface area contributed by atoms with E-state index >= 15 is 0 Å². The summed E-state index contributed by atoms with van der Waals surface area (Å²) in [5.41, 5.74) is 2.29. The van der Waals surface area contributed by atoms with Gasteiger partial charge < -0.3 is 14.5 Å². The lowest BCUT2D eigenvalue weighted by Gasteiger charge is -2.29. The number of rotatable bonds is 5. The standard InChI is InChI=1S/C18H26N4O3/c1-13(22-7-3-4-15(23)12-22)5-6-16-14(2)19-18(20-17(16)24)21-8-10-25-11-9-21/h1,3-12H2,2H3,(H,19,20,24). The number of hydrogen-bond donors (Lipinski definition) is 1. The Morgan fingerprint density at radius 3 is 2.72 bits per heavy atom. The van der Waals surface area contributed by atoms with Gasteiger partial charge >= 0.3 is 0 Å². The van der Waals surface area contributed by atoms with E-state index in [2.05, 4.69) is 16.5 Å². The fraction of sp³-hybridized carbons (Fsp3) is 0.611. The normalized spacial score (nSPS) is 18.5. The van der Waals surface area contributed by atoms with Gasteiger partial charge in [-0.15, -0.1) is 0 Å². The molecule has 2 aliphatic heterocycles. The van der Waals surface area contributed by atoms with Gasteiger partial charge in [0.2, 0.25) is 5.95 Å². The molecule has 0 unspecified atom stereocenters. The molecule has 0 saturated carbocycles. The predicted molar refractivity (Wildman–Crippen MR) is 95.9 cm³/mol. The van der Waals surface area contributed by atoms with Crippen molar-refractivity contribution in [2.75, 3.05) is 44.3 Å². The average molecular weight is 346 g/mol. The van der Waals surface area contributed by atoms with Crippen LogP contribution in [0.3, 0.4) is 0 Å². The molecule has 2 aliphatic rings. The van der Waals surface area contributed by atoms with E-state index in [9.17, 15) is 9.59 Å². The topological polar surface area (TPSA) is 78.5 Å². The summed E-state index contributed by atoms with van der Waals surface area (Å²) in [4.78, 5) is 35.6. The second-order valence-electron chi connectivity index (χ2n) is 6.68. The minimum atomic E-state index is -0.0866. The number of H-pyrrole nitrogens is 1. The third-order valence-electron chi connectivity index (χ3n) is 4.88. The van der Waals surface area contributed by atoms with Gasteiger partial charge in [-0.1, -0.05) is 6.58 Å². The average Bonchev–Trinajstić information content (AvgIpc) is 2.61. The number of piperidine rings is 1. The second kappa shape index (κ2) is 7.82. The van der Waals surface area contributed by atoms with Crippen LogP contribution >= 0.6 is 0 Å². The molecule has 3 heterocycles. The van der Waals surface area contributed by atoms with Gasteiger partial charge in [-0.3, -0.25) is 14.6 Å². The lowest BCUT2D eigenvalue weighted by atomic mass is 10.1. The van der Waals surface area contributed by atoms with Crippen molar-refractivity contribution >= 4 is 11.7 Å². The minimum Gasteiger partial charge on any atom is -0.378 e. The summed E-state index contributed by atoms with van der Waals surface area (Å²) >= 11 is 0. The first-order valence-corrected chi connectivity index (χ1v) is 8.91. The summed E-state index contributed by atoms with van der Waals surface area (Å²) in [6, 6.07) is 0. The molecular weight excluding hydrogens is 320 g/mol. The number of nitrogens with zero attached hydrogens (tertiary/aromatic N) is 3. The highest BCUT2D eigenvalue weighted by Crippen LogP contribution is 2.17. The molecule has 7 heteroatoms. The Morgan fingerprint density at radius 1 is 1.28 bits per heavy atom. The maximum atomic E-state index is 12.5. The van der Waals surface area contributed by atoms with Crippen LogP contribution < -0.4 is 10.5 Å². The largest absolute Gasteiger partial charge is 0.378 e. The van der Waals surface area contributed by atoms with Gasteiger partial charge in [-0.05, 0) is 26.2 Å². The Bertz CT molecular complexity index is 707. The lowest BCUT2D eigenvalue weighted by molar-refractivity contribution is -0.121. The van der Waals surface area contributed by atoms with E-state index in [1.807, 2.05) is 16.7 Å². The third-order valence-corrected chi connectivity index (χ3v) is 4.88. The maximum absolute atomic E-state index is 12.5. The quantitative estimate of drug-likeness (QED) is 0.858. The Morgan fingerprint density at radius 2 is 2.04 bits per heavy atom. The van der Waals surface area contributed by atoms with Gasteiger partial charge in [0.25, 0.3) is 5.56 Å². The first-order chi connectivity index (χ1) is 12.0. The minimum absolute atomic E-state index is 0.0866. The number of aromatic amines is 1. The predicted octanol–water partition coefficient (Wildman–Crippen LogP) is 1.03. The number of anilines is 1. The number of morpholine rings is 1. The first kappa shape index (κ1) is 17.7. The van der Waals surface area contributed by atoms with E-state index in [1.54, 1.807) is 0 Å². The molecule has 1 aromatic heterocycles. The Kier molecular flexibility index (Phi) is 5.53. The zero-order chi connectivity index (χ0) is 17.8. The van der Waals surface area contributed by atoms with Crippen molar-refractivity contribution in [3.63, 3.8) is 0 Å². The van der Waals surface area contributed by atoms with Crippen LogP contribution in [0.25, 0.3) is 0 Å². The summed E-state index contributed by atoms with van der Waals surface area (Å²) in [6.07, 6.45) is 2.79. The zero-order valence-corrected chi connectivity index (χ0v) is 14.8. The number of carbonyl (C=O) groups excluding carboxylic acids is 1. The van der Waals surface area contributed by atoms with Crippen molar-refractivity contribution in [3.05, 3.63) is 33.9 Å². The third kappa shape index (κ3) is 4.28. The lowest BCUT2D eigenvalue weighted by Crippen LogP contribution is -2.38. The molecule has 0 atom stereocenters. The highest BCUT2D eigenvalue weighted by Gasteiger charge is 2.19. The molecule has 2 saturated heterocycles. The highest BCUT2D eigenvalue weighted by molar-refractivity contribution is 5.81. The number of aryl methyl sites for hydroxylation is 1. The summed E-state index contributed by atoms with van der Waals surface area (Å²) in [6.45, 7) is 10.1. The molecule has 0 spiro atoms. The molecule has 0 amide bonds. The number of aromatic nitrogens is 2. The van der Waals surface area contributed by atoms with Crippen molar-refractivity contribution in [1.29, 1.82) is 0 Å². The number of hydrogen-bond acceptors (Lipinski definition) is 6. The van der Waals surface area contributed by atoms with Crippen molar-refractivity contribution in [2.45, 2.75) is 32.6 Å². The molecule has 25 heavy (non-hydrogen) atoms. The molecule has 1 N–H and O–H groups in total. The summed E-state index contributed by atoms with van der Waals surface area (Å²) in [5.74, 6) is 0.882. The molecule has 0 bridgehead atoms. The van der Waals surface area contributed by atoms with Gasteiger partial charge in [-0.2, -0.15) is 0 Å². The van der Waals surface area contributed by atoms with Crippen molar-refractivity contribution in [2.24, 2.45) is 0 Å². The number of allylic oxidation sites excluding steroid dienone is 1. The van der Waals surface area contributed by atoms with Gasteiger partial charge in [0, 0.05) is 43.0 Å². The highest BCUT2D eigenvalue weighted by atomic mass is 16.5. The van der Waals surface area contributed by atoms with E-state index < -0.39 is 0 Å². The van der Waals surface area contributed by atoms with Crippen molar-refractivity contribution in [3.8, 4) is 0 Å². The van der Waals surface area contributed by atoms with Crippen LogP contribution in [-0.4, -0.2) is 60.0 Å². The zero-order valence-electron chi connectivity index (χ0n) is 14.8. The number of ether oxygens (including phenoxy) is 1. The molecule has 1 aromatic rings. The Balaban J connectivity index is 1.65. The molecule has 0 radical (unpaired) electrons. The summed E-state index contributed by atoms with van der Waals surface area (Å²) in [7, 11) is 0. The molecule has 2 fully saturated rings. The van der Waals surface area contributed by atoms with Crippen molar-refractivity contribution < 1.29 is 9.53 Å². The molecule has 0 aromatic carbocycles. The Labute approximate surface area is 147 Å². The van der Waals surface area contributed by atoms with E-state index in [4.69, 9.17) is 4.74 Å². The van der Waals surface area contributed by atoms with Gasteiger partial charge in [0.1, 0.15) is 0 Å². The summed E-state index contributed by atoms with van der Waals surface area (Å²) in [5, 5.41) is 0. The molecule has 3 rings (SSSR count). The van der Waals surface area contributed by atoms with Crippen LogP contribution in [0.1, 0.15) is 30.5 Å². The van der Waals surface area contributed by atoms with Crippen LogP contribution in [0.2, 0.25) is 0 Å². The summed E-state index contributed by atoms with van der Waals surface area (Å²) < 4.78 is 5.34. The smallest absolute Gasteiger partial charge is 0.255 e. The van der Waals surface area contributed by atoms with E-state index in [0.717, 1.165) is 37.4 Å². The van der Waals surface area contributed by atoms with E-state index in [0.29, 0.717) is 50.5 Å². The molecule has 136 valence electrons. The molecular formula is C18H26N4O3. The second-order valence-corrected chi connectivity index (χ2v) is 6.68. The van der Waals surface area contributed by atoms with E-state index in [-0.39, 0.29) is 11.3 Å². The SMILES string of the molecule is C=C(CCc1c(C)nc(N2CCOCC2)[nH]c1=O)N1CCCC(=O)C1. The number of Topliss-reactive ketones (excluding diaryl/α,β-unsaturated/α-hetero) is 1. The van der Waals surface area contributed by atoms with Gasteiger partial charge in [0.15, 0.2) is 5.78 Å². The number of carbonyl (C=O) groups is 1. The van der Waals surface area contributed by atoms with Gasteiger partial charge in [-0.25, -0.2) is 4.98 Å². The van der Waals surface area contributed by atoms with Crippen molar-refractivity contribution in [1.82, 2.24) is 14.9 Å². The van der Waals surface area contributed by atoms with Crippen LogP contribution in [0.15, 0.2) is 17.1 Å². The molecule has 7 nitrogen and oxygen atoms in total. The number of nitrogens with one attached hydrogen (secondary N) is 1. The number of ketones is 1. The van der Waals surface area contributed by atoms with Gasteiger partial charge in [0.05, 0.1) is 19.8 Å².